The summed E-state index contributed by atoms with van der Waals surface area (Å²) in [6.45, 7) is 4.62. The van der Waals surface area contributed by atoms with Gasteiger partial charge in [-0.25, -0.2) is 0 Å². The van der Waals surface area contributed by atoms with E-state index >= 15 is 0 Å². The van der Waals surface area contributed by atoms with Crippen molar-refractivity contribution < 1.29 is 4.79 Å². The normalized spacial score (nSPS) is 41.9. The molecule has 0 saturated heterocycles. The van der Waals surface area contributed by atoms with E-state index in [-0.39, 0.29) is 0 Å². The molecule has 12 heavy (non-hydrogen) atoms. The quantitative estimate of drug-likeness (QED) is 0.453. The first-order valence-electron chi connectivity index (χ1n) is 4.85. The molecule has 2 saturated carbocycles. The lowest BCUT2D eigenvalue weighted by Crippen LogP contribution is -2.07. The summed E-state index contributed by atoms with van der Waals surface area (Å²) in [6, 6.07) is 0. The summed E-state index contributed by atoms with van der Waals surface area (Å²) in [5, 5.41) is 0. The van der Waals surface area contributed by atoms with Crippen LogP contribution in [0.4, 0.5) is 0 Å². The van der Waals surface area contributed by atoms with Gasteiger partial charge < -0.3 is 0 Å². The van der Waals surface area contributed by atoms with Gasteiger partial charge in [0.05, 0.1) is 0 Å². The number of hydrogen-bond acceptors (Lipinski definition) is 1. The van der Waals surface area contributed by atoms with Crippen molar-refractivity contribution in [3.05, 3.63) is 11.6 Å². The minimum Gasteiger partial charge on any atom is -0.299 e. The maximum atomic E-state index is 10.3. The number of rotatable bonds is 2. The van der Waals surface area contributed by atoms with Crippen LogP contribution in [0.3, 0.4) is 0 Å². The third-order valence-electron chi connectivity index (χ3n) is 3.88. The Bertz CT molecular complexity index is 239. The molecular formula is C11H16O. The Balaban J connectivity index is 2.15. The Hall–Kier alpha value is -0.590. The Labute approximate surface area is 73.8 Å². The maximum Gasteiger partial charge on any atom is 0.142 e. The van der Waals surface area contributed by atoms with Crippen LogP contribution in [0.25, 0.3) is 0 Å². The van der Waals surface area contributed by atoms with Gasteiger partial charge in [-0.3, -0.25) is 4.79 Å². The molecule has 0 amide bonds. The van der Waals surface area contributed by atoms with Crippen LogP contribution in [0, 0.1) is 17.3 Å². The molecule has 2 rings (SSSR count). The number of allylic oxidation sites excluding steroid dienone is 2. The standard InChI is InChI=1S/C11H16O/c1-8(2)11-5-3-9(4-6-12)10(11)7-11/h4,6,8,10H,3,5,7H2,1-2H3/b9-4-. The molecular weight excluding hydrogens is 148 g/mol. The van der Waals surface area contributed by atoms with E-state index in [0.29, 0.717) is 5.41 Å². The van der Waals surface area contributed by atoms with Gasteiger partial charge in [-0.15, -0.1) is 0 Å². The molecule has 0 bridgehead atoms. The highest BCUT2D eigenvalue weighted by molar-refractivity contribution is 5.67. The van der Waals surface area contributed by atoms with Crippen molar-refractivity contribution in [2.75, 3.05) is 0 Å². The van der Waals surface area contributed by atoms with Crippen molar-refractivity contribution in [3.8, 4) is 0 Å². The molecule has 0 spiro atoms. The number of aldehydes is 1. The number of fused-ring (bicyclic) bond motifs is 1. The molecule has 66 valence electrons. The van der Waals surface area contributed by atoms with E-state index in [1.165, 1.54) is 24.8 Å². The Morgan fingerprint density at radius 3 is 2.75 bits per heavy atom. The fourth-order valence-electron chi connectivity index (χ4n) is 2.86. The SMILES string of the molecule is CC(C)C12CC/C(=C/C=O)C1C2. The average molecular weight is 164 g/mol. The van der Waals surface area contributed by atoms with Gasteiger partial charge in [-0.05, 0) is 42.6 Å². The third-order valence-corrected chi connectivity index (χ3v) is 3.88. The maximum absolute atomic E-state index is 10.3. The lowest BCUT2D eigenvalue weighted by Gasteiger charge is -2.15. The monoisotopic (exact) mass is 164 g/mol. The van der Waals surface area contributed by atoms with Crippen molar-refractivity contribution in [2.24, 2.45) is 17.3 Å². The molecule has 0 aromatic rings. The molecule has 1 nitrogen and oxygen atoms in total. The van der Waals surface area contributed by atoms with Crippen molar-refractivity contribution in [1.82, 2.24) is 0 Å². The highest BCUT2D eigenvalue weighted by Gasteiger charge is 2.60. The number of carbonyl (C=O) groups excluding carboxylic acids is 1. The summed E-state index contributed by atoms with van der Waals surface area (Å²) >= 11 is 0. The van der Waals surface area contributed by atoms with Gasteiger partial charge in [-0.1, -0.05) is 19.4 Å². The van der Waals surface area contributed by atoms with Crippen LogP contribution in [0.5, 0.6) is 0 Å². The van der Waals surface area contributed by atoms with E-state index in [9.17, 15) is 4.79 Å². The van der Waals surface area contributed by atoms with Crippen LogP contribution in [-0.2, 0) is 4.79 Å². The molecule has 2 aliphatic rings. The molecule has 0 aromatic carbocycles. The third kappa shape index (κ3) is 0.886. The predicted octanol–water partition coefficient (Wildman–Crippen LogP) is 2.57. The first-order valence-corrected chi connectivity index (χ1v) is 4.85. The predicted molar refractivity (Wildman–Crippen MR) is 48.8 cm³/mol. The summed E-state index contributed by atoms with van der Waals surface area (Å²) in [4.78, 5) is 10.3. The van der Waals surface area contributed by atoms with E-state index in [2.05, 4.69) is 13.8 Å². The number of carbonyl (C=O) groups is 1. The first kappa shape index (κ1) is 8.03. The lowest BCUT2D eigenvalue weighted by atomic mass is 9.90. The summed E-state index contributed by atoms with van der Waals surface area (Å²) in [7, 11) is 0. The van der Waals surface area contributed by atoms with Crippen LogP contribution < -0.4 is 0 Å². The summed E-state index contributed by atoms with van der Waals surface area (Å²) in [6.07, 6.45) is 6.56. The summed E-state index contributed by atoms with van der Waals surface area (Å²) in [5.41, 5.74) is 2.02. The van der Waals surface area contributed by atoms with Gasteiger partial charge in [0.1, 0.15) is 6.29 Å². The largest absolute Gasteiger partial charge is 0.299 e. The van der Waals surface area contributed by atoms with E-state index in [1.54, 1.807) is 6.08 Å². The van der Waals surface area contributed by atoms with Gasteiger partial charge >= 0.3 is 0 Å². The summed E-state index contributed by atoms with van der Waals surface area (Å²) < 4.78 is 0. The first-order chi connectivity index (χ1) is 5.70. The fourth-order valence-corrected chi connectivity index (χ4v) is 2.86. The molecule has 0 aliphatic heterocycles. The van der Waals surface area contributed by atoms with Crippen LogP contribution >= 0.6 is 0 Å². The molecule has 1 heteroatoms. The number of hydrogen-bond donors (Lipinski definition) is 0. The van der Waals surface area contributed by atoms with Crippen molar-refractivity contribution in [1.29, 1.82) is 0 Å². The molecule has 2 unspecified atom stereocenters. The highest BCUT2D eigenvalue weighted by Crippen LogP contribution is 2.69. The molecule has 0 N–H and O–H groups in total. The summed E-state index contributed by atoms with van der Waals surface area (Å²) in [5.74, 6) is 1.56. The van der Waals surface area contributed by atoms with Gasteiger partial charge in [0.15, 0.2) is 0 Å². The van der Waals surface area contributed by atoms with Crippen molar-refractivity contribution in [3.63, 3.8) is 0 Å². The molecule has 2 fully saturated rings. The van der Waals surface area contributed by atoms with E-state index < -0.39 is 0 Å². The highest BCUT2D eigenvalue weighted by atomic mass is 16.1. The van der Waals surface area contributed by atoms with E-state index in [0.717, 1.165) is 18.1 Å². The molecule has 2 atom stereocenters. The molecule has 0 heterocycles. The Morgan fingerprint density at radius 1 is 1.58 bits per heavy atom. The zero-order valence-electron chi connectivity index (χ0n) is 7.84. The minimum atomic E-state index is 0.606. The van der Waals surface area contributed by atoms with E-state index in [4.69, 9.17) is 0 Å². The second-order valence-electron chi connectivity index (χ2n) is 4.52. The Morgan fingerprint density at radius 2 is 2.33 bits per heavy atom. The zero-order chi connectivity index (χ0) is 8.77. The van der Waals surface area contributed by atoms with Gasteiger partial charge in [0, 0.05) is 0 Å². The van der Waals surface area contributed by atoms with Crippen LogP contribution in [0.15, 0.2) is 11.6 Å². The minimum absolute atomic E-state index is 0.606. The van der Waals surface area contributed by atoms with Crippen molar-refractivity contribution in [2.45, 2.75) is 33.1 Å². The second-order valence-corrected chi connectivity index (χ2v) is 4.52. The van der Waals surface area contributed by atoms with Crippen LogP contribution in [-0.4, -0.2) is 6.29 Å². The van der Waals surface area contributed by atoms with Crippen LogP contribution in [0.2, 0.25) is 0 Å². The lowest BCUT2D eigenvalue weighted by molar-refractivity contribution is -0.104. The van der Waals surface area contributed by atoms with E-state index in [1.807, 2.05) is 0 Å². The topological polar surface area (TPSA) is 17.1 Å². The average Bonchev–Trinajstić information content (AvgIpc) is 2.67. The smallest absolute Gasteiger partial charge is 0.142 e. The molecule has 0 radical (unpaired) electrons. The van der Waals surface area contributed by atoms with Crippen molar-refractivity contribution >= 4 is 6.29 Å². The zero-order valence-corrected chi connectivity index (χ0v) is 7.84. The second kappa shape index (κ2) is 2.45. The molecule has 0 aromatic heterocycles. The van der Waals surface area contributed by atoms with Gasteiger partial charge in [0.25, 0.3) is 0 Å². The van der Waals surface area contributed by atoms with Crippen LogP contribution in [0.1, 0.15) is 33.1 Å². The fraction of sp³-hybridized carbons (Fsp3) is 0.727. The Kier molecular flexibility index (Phi) is 1.64. The van der Waals surface area contributed by atoms with Gasteiger partial charge in [0.2, 0.25) is 0 Å². The van der Waals surface area contributed by atoms with Gasteiger partial charge in [-0.2, -0.15) is 0 Å². The molecule has 2 aliphatic carbocycles.